The summed E-state index contributed by atoms with van der Waals surface area (Å²) in [6.07, 6.45) is 0.809. The van der Waals surface area contributed by atoms with Crippen molar-refractivity contribution in [2.75, 3.05) is 7.11 Å². The number of nitrogens with zero attached hydrogens (tertiary/aromatic N) is 2. The molecule has 0 bridgehead atoms. The first kappa shape index (κ1) is 20.0. The van der Waals surface area contributed by atoms with Crippen molar-refractivity contribution < 1.29 is 9.53 Å². The zero-order chi connectivity index (χ0) is 21.1. The van der Waals surface area contributed by atoms with E-state index >= 15 is 0 Å². The summed E-state index contributed by atoms with van der Waals surface area (Å²) in [5.74, 6) is 0.384. The first-order valence-electron chi connectivity index (χ1n) is 9.80. The number of aryl methyl sites for hydroxylation is 1. The zero-order valence-corrected chi connectivity index (χ0v) is 17.7. The van der Waals surface area contributed by atoms with E-state index in [-0.39, 0.29) is 17.9 Å². The quantitative estimate of drug-likeness (QED) is 0.411. The normalized spacial score (nSPS) is 11.0. The molecule has 0 radical (unpaired) electrons. The fraction of sp³-hybridized carbons (Fsp3) is 0.208. The number of carbonyl (C=O) groups is 1. The van der Waals surface area contributed by atoms with E-state index in [9.17, 15) is 9.59 Å². The monoisotopic (exact) mass is 418 g/mol. The van der Waals surface area contributed by atoms with E-state index in [1.807, 2.05) is 42.6 Å². The van der Waals surface area contributed by atoms with Crippen LogP contribution >= 0.6 is 11.3 Å². The molecule has 152 valence electrons. The molecule has 0 spiro atoms. The van der Waals surface area contributed by atoms with Gasteiger partial charge in [0.05, 0.1) is 12.5 Å². The van der Waals surface area contributed by atoms with Gasteiger partial charge in [0.15, 0.2) is 0 Å². The van der Waals surface area contributed by atoms with Gasteiger partial charge in [-0.2, -0.15) is 0 Å². The van der Waals surface area contributed by atoms with E-state index in [4.69, 9.17) is 0 Å². The van der Waals surface area contributed by atoms with Gasteiger partial charge in [-0.15, -0.1) is 11.3 Å². The third-order valence-electron chi connectivity index (χ3n) is 5.18. The number of methoxy groups -OCH3 is 1. The second kappa shape index (κ2) is 8.63. The minimum absolute atomic E-state index is 0.0641. The highest BCUT2D eigenvalue weighted by molar-refractivity contribution is 7.17. The number of aromatic nitrogens is 2. The van der Waals surface area contributed by atoms with Gasteiger partial charge < -0.3 is 4.74 Å². The van der Waals surface area contributed by atoms with Crippen molar-refractivity contribution in [3.63, 3.8) is 0 Å². The second-order valence-corrected chi connectivity index (χ2v) is 7.93. The Hall–Kier alpha value is -3.25. The van der Waals surface area contributed by atoms with Gasteiger partial charge in [-0.05, 0) is 30.0 Å². The van der Waals surface area contributed by atoms with Gasteiger partial charge >= 0.3 is 5.97 Å². The highest BCUT2D eigenvalue weighted by atomic mass is 32.1. The summed E-state index contributed by atoms with van der Waals surface area (Å²) in [6.45, 7) is 2.26. The number of carbonyl (C=O) groups excluding carboxylic acids is 1. The molecular formula is C24H22N2O3S. The molecule has 0 fully saturated rings. The molecule has 2 heterocycles. The molecule has 0 aliphatic carbocycles. The van der Waals surface area contributed by atoms with E-state index in [2.05, 4.69) is 34.0 Å². The van der Waals surface area contributed by atoms with Gasteiger partial charge in [0.25, 0.3) is 5.56 Å². The van der Waals surface area contributed by atoms with E-state index in [0.29, 0.717) is 24.2 Å². The Kier molecular flexibility index (Phi) is 5.77. The van der Waals surface area contributed by atoms with Crippen molar-refractivity contribution in [1.82, 2.24) is 9.55 Å². The fourth-order valence-corrected chi connectivity index (χ4v) is 4.54. The average molecular weight is 419 g/mol. The first-order valence-corrected chi connectivity index (χ1v) is 10.7. The molecule has 0 aliphatic heterocycles. The molecule has 0 saturated heterocycles. The van der Waals surface area contributed by atoms with Crippen LogP contribution < -0.4 is 5.56 Å². The van der Waals surface area contributed by atoms with Gasteiger partial charge in [-0.1, -0.05) is 54.6 Å². The molecular weight excluding hydrogens is 396 g/mol. The Morgan fingerprint density at radius 2 is 1.70 bits per heavy atom. The van der Waals surface area contributed by atoms with Crippen molar-refractivity contribution in [1.29, 1.82) is 0 Å². The van der Waals surface area contributed by atoms with Crippen LogP contribution in [-0.2, 0) is 16.1 Å². The summed E-state index contributed by atoms with van der Waals surface area (Å²) in [5.41, 5.74) is 4.11. The Morgan fingerprint density at radius 1 is 1.03 bits per heavy atom. The molecule has 0 unspecified atom stereocenters. The first-order chi connectivity index (χ1) is 14.6. The molecule has 2 aromatic carbocycles. The Balaban J connectivity index is 1.69. The summed E-state index contributed by atoms with van der Waals surface area (Å²) in [5, 5.41) is 2.63. The highest BCUT2D eigenvalue weighted by Gasteiger charge is 2.16. The molecule has 0 aliphatic rings. The largest absolute Gasteiger partial charge is 0.469 e. The van der Waals surface area contributed by atoms with Crippen LogP contribution in [0.3, 0.4) is 0 Å². The van der Waals surface area contributed by atoms with Crippen LogP contribution in [-0.4, -0.2) is 22.6 Å². The maximum Gasteiger partial charge on any atom is 0.305 e. The molecule has 5 nitrogen and oxygen atoms in total. The van der Waals surface area contributed by atoms with Gasteiger partial charge in [0.2, 0.25) is 0 Å². The molecule has 30 heavy (non-hydrogen) atoms. The summed E-state index contributed by atoms with van der Waals surface area (Å²) in [4.78, 5) is 30.0. The van der Waals surface area contributed by atoms with Crippen LogP contribution in [0.25, 0.3) is 32.5 Å². The summed E-state index contributed by atoms with van der Waals surface area (Å²) in [7, 11) is 1.37. The van der Waals surface area contributed by atoms with Crippen molar-refractivity contribution in [3.8, 4) is 22.3 Å². The maximum atomic E-state index is 13.3. The molecule has 4 aromatic rings. The van der Waals surface area contributed by atoms with E-state index in [0.717, 1.165) is 27.1 Å². The van der Waals surface area contributed by atoms with Crippen LogP contribution in [0.5, 0.6) is 0 Å². The lowest BCUT2D eigenvalue weighted by Gasteiger charge is -2.10. The van der Waals surface area contributed by atoms with Crippen LogP contribution in [0.1, 0.15) is 18.7 Å². The minimum atomic E-state index is -0.274. The molecule has 4 rings (SSSR count). The lowest BCUT2D eigenvalue weighted by Crippen LogP contribution is -2.24. The molecule has 0 N–H and O–H groups in total. The van der Waals surface area contributed by atoms with E-state index in [1.165, 1.54) is 18.4 Å². The number of esters is 1. The lowest BCUT2D eigenvalue weighted by atomic mass is 10.0. The maximum absolute atomic E-state index is 13.3. The van der Waals surface area contributed by atoms with Gasteiger partial charge in [-0.25, -0.2) is 4.98 Å². The zero-order valence-electron chi connectivity index (χ0n) is 16.9. The number of rotatable bonds is 6. The fourth-order valence-electron chi connectivity index (χ4n) is 3.56. The van der Waals surface area contributed by atoms with Gasteiger partial charge in [0, 0.05) is 23.9 Å². The Morgan fingerprint density at radius 3 is 2.40 bits per heavy atom. The number of hydrogen-bond donors (Lipinski definition) is 0. The lowest BCUT2D eigenvalue weighted by molar-refractivity contribution is -0.140. The van der Waals surface area contributed by atoms with Crippen molar-refractivity contribution in [3.05, 3.63) is 76.2 Å². The van der Waals surface area contributed by atoms with Crippen LogP contribution in [0.15, 0.2) is 64.8 Å². The topological polar surface area (TPSA) is 61.2 Å². The van der Waals surface area contributed by atoms with Crippen molar-refractivity contribution in [2.24, 2.45) is 0 Å². The van der Waals surface area contributed by atoms with Crippen LogP contribution in [0.4, 0.5) is 0 Å². The summed E-state index contributed by atoms with van der Waals surface area (Å²) in [6, 6.07) is 18.4. The number of thiophene rings is 1. The van der Waals surface area contributed by atoms with Crippen LogP contribution in [0, 0.1) is 6.92 Å². The van der Waals surface area contributed by atoms with Gasteiger partial charge in [0.1, 0.15) is 10.7 Å². The van der Waals surface area contributed by atoms with Crippen LogP contribution in [0.2, 0.25) is 0 Å². The second-order valence-electron chi connectivity index (χ2n) is 7.07. The summed E-state index contributed by atoms with van der Waals surface area (Å²) < 4.78 is 6.34. The average Bonchev–Trinajstić information content (AvgIpc) is 3.20. The minimum Gasteiger partial charge on any atom is -0.469 e. The third-order valence-corrected chi connectivity index (χ3v) is 6.05. The van der Waals surface area contributed by atoms with Crippen molar-refractivity contribution in [2.45, 2.75) is 26.3 Å². The Bertz CT molecular complexity index is 1240. The predicted octanol–water partition coefficient (Wildman–Crippen LogP) is 5.05. The van der Waals surface area contributed by atoms with E-state index < -0.39 is 0 Å². The van der Waals surface area contributed by atoms with Gasteiger partial charge in [-0.3, -0.25) is 14.2 Å². The highest BCUT2D eigenvalue weighted by Crippen LogP contribution is 2.32. The summed E-state index contributed by atoms with van der Waals surface area (Å²) >= 11 is 1.48. The predicted molar refractivity (Wildman–Crippen MR) is 121 cm³/mol. The standard InChI is InChI=1S/C24H22N2O3S/c1-16-25-23-22(24(28)26(16)14-6-9-21(27)29-2)20(15-30-23)19-12-10-18(11-13-19)17-7-4-3-5-8-17/h3-5,7-8,10-13,15H,6,9,14H2,1-2H3. The number of benzene rings is 2. The number of hydrogen-bond acceptors (Lipinski definition) is 5. The number of fused-ring (bicyclic) bond motifs is 1. The molecule has 0 amide bonds. The molecule has 0 atom stereocenters. The molecule has 0 saturated carbocycles. The molecule has 6 heteroatoms. The Labute approximate surface area is 178 Å². The smallest absolute Gasteiger partial charge is 0.305 e. The number of ether oxygens (including phenoxy) is 1. The van der Waals surface area contributed by atoms with Crippen molar-refractivity contribution >= 4 is 27.5 Å². The van der Waals surface area contributed by atoms with E-state index in [1.54, 1.807) is 4.57 Å². The molecule has 2 aromatic heterocycles. The SMILES string of the molecule is COC(=O)CCCn1c(C)nc2scc(-c3ccc(-c4ccccc4)cc3)c2c1=O. The third kappa shape index (κ3) is 3.91.